The largest absolute Gasteiger partial charge is 0.366 e. The second-order valence-electron chi connectivity index (χ2n) is 5.05. The minimum atomic E-state index is -1.14. The first-order chi connectivity index (χ1) is 9.01. The van der Waals surface area contributed by atoms with E-state index in [1.807, 2.05) is 0 Å². The Balaban J connectivity index is 2.29. The maximum atomic E-state index is 13.8. The molecule has 0 spiro atoms. The van der Waals surface area contributed by atoms with Crippen LogP contribution in [0, 0.1) is 17.5 Å². The summed E-state index contributed by atoms with van der Waals surface area (Å²) in [6, 6.07) is 1.57. The molecule has 1 aliphatic heterocycles. The van der Waals surface area contributed by atoms with Gasteiger partial charge in [-0.05, 0) is 12.8 Å². The van der Waals surface area contributed by atoms with Gasteiger partial charge in [0.2, 0.25) is 0 Å². The van der Waals surface area contributed by atoms with Crippen LogP contribution in [0.5, 0.6) is 0 Å². The third-order valence-electron chi connectivity index (χ3n) is 4.06. The van der Waals surface area contributed by atoms with E-state index in [2.05, 4.69) is 19.2 Å². The first-order valence-corrected chi connectivity index (χ1v) is 6.66. The third kappa shape index (κ3) is 2.71. The molecule has 0 aliphatic carbocycles. The van der Waals surface area contributed by atoms with Crippen molar-refractivity contribution in [1.82, 2.24) is 5.32 Å². The van der Waals surface area contributed by atoms with Gasteiger partial charge in [-0.15, -0.1) is 0 Å². The Labute approximate surface area is 111 Å². The van der Waals surface area contributed by atoms with Crippen LogP contribution in [-0.4, -0.2) is 25.2 Å². The number of hydrogen-bond donors (Lipinski definition) is 1. The molecule has 1 aliphatic rings. The van der Waals surface area contributed by atoms with Crippen LogP contribution < -0.4 is 10.2 Å². The van der Waals surface area contributed by atoms with Crippen molar-refractivity contribution in [3.63, 3.8) is 0 Å². The summed E-state index contributed by atoms with van der Waals surface area (Å²) in [7, 11) is 0. The van der Waals surface area contributed by atoms with Gasteiger partial charge in [-0.1, -0.05) is 13.8 Å². The summed E-state index contributed by atoms with van der Waals surface area (Å²) in [6.45, 7) is 6.04. The Morgan fingerprint density at radius 1 is 1.11 bits per heavy atom. The summed E-state index contributed by atoms with van der Waals surface area (Å²) < 4.78 is 40.1. The summed E-state index contributed by atoms with van der Waals surface area (Å²) in [5.41, 5.74) is 0.0573. The van der Waals surface area contributed by atoms with E-state index < -0.39 is 17.5 Å². The molecule has 1 aromatic carbocycles. The zero-order valence-corrected chi connectivity index (χ0v) is 11.3. The topological polar surface area (TPSA) is 15.3 Å². The average Bonchev–Trinajstić information content (AvgIpc) is 2.43. The molecular weight excluding hydrogens is 253 g/mol. The van der Waals surface area contributed by atoms with Crippen LogP contribution >= 0.6 is 0 Å². The fourth-order valence-corrected chi connectivity index (χ4v) is 2.64. The Hall–Kier alpha value is -1.23. The molecule has 0 bridgehead atoms. The molecule has 0 atom stereocenters. The molecule has 1 N–H and O–H groups in total. The van der Waals surface area contributed by atoms with Crippen molar-refractivity contribution in [1.29, 1.82) is 0 Å². The number of nitrogens with zero attached hydrogens (tertiary/aromatic N) is 1. The van der Waals surface area contributed by atoms with Gasteiger partial charge in [0.15, 0.2) is 11.6 Å². The standard InChI is InChI=1S/C14H19F3N2/c1-3-14(4-2)9-19(6-5-18-14)13-8-11(16)10(15)7-12(13)17/h7-8,18H,3-6,9H2,1-2H3. The molecule has 0 amide bonds. The highest BCUT2D eigenvalue weighted by atomic mass is 19.2. The molecule has 1 fully saturated rings. The van der Waals surface area contributed by atoms with Crippen molar-refractivity contribution >= 4 is 5.69 Å². The number of nitrogens with one attached hydrogen (secondary N) is 1. The molecule has 106 valence electrons. The number of rotatable bonds is 3. The van der Waals surface area contributed by atoms with Gasteiger partial charge in [0, 0.05) is 37.3 Å². The Bertz CT molecular complexity index is 458. The predicted molar refractivity (Wildman–Crippen MR) is 69.8 cm³/mol. The highest BCUT2D eigenvalue weighted by Gasteiger charge is 2.33. The molecule has 1 aromatic rings. The quantitative estimate of drug-likeness (QED) is 0.851. The molecule has 2 nitrogen and oxygen atoms in total. The zero-order chi connectivity index (χ0) is 14.0. The first-order valence-electron chi connectivity index (χ1n) is 6.66. The van der Waals surface area contributed by atoms with Gasteiger partial charge >= 0.3 is 0 Å². The van der Waals surface area contributed by atoms with Gasteiger partial charge in [-0.3, -0.25) is 0 Å². The Morgan fingerprint density at radius 3 is 2.37 bits per heavy atom. The minimum absolute atomic E-state index is 0.0877. The lowest BCUT2D eigenvalue weighted by atomic mass is 9.90. The molecule has 5 heteroatoms. The van der Waals surface area contributed by atoms with Gasteiger partial charge in [0.25, 0.3) is 0 Å². The number of piperazine rings is 1. The van der Waals surface area contributed by atoms with Crippen LogP contribution in [0.1, 0.15) is 26.7 Å². The molecule has 0 unspecified atom stereocenters. The number of benzene rings is 1. The minimum Gasteiger partial charge on any atom is -0.366 e. The van der Waals surface area contributed by atoms with Crippen LogP contribution in [0.15, 0.2) is 12.1 Å². The molecule has 0 radical (unpaired) electrons. The molecule has 19 heavy (non-hydrogen) atoms. The van der Waals surface area contributed by atoms with Crippen LogP contribution in [-0.2, 0) is 0 Å². The zero-order valence-electron chi connectivity index (χ0n) is 11.3. The van der Waals surface area contributed by atoms with E-state index in [9.17, 15) is 13.2 Å². The van der Waals surface area contributed by atoms with Crippen molar-refractivity contribution in [2.75, 3.05) is 24.5 Å². The fourth-order valence-electron chi connectivity index (χ4n) is 2.64. The molecule has 0 aromatic heterocycles. The molecule has 1 saturated heterocycles. The van der Waals surface area contributed by atoms with Crippen LogP contribution in [0.2, 0.25) is 0 Å². The van der Waals surface area contributed by atoms with E-state index in [0.717, 1.165) is 18.9 Å². The van der Waals surface area contributed by atoms with Crippen LogP contribution in [0.25, 0.3) is 0 Å². The van der Waals surface area contributed by atoms with Crippen LogP contribution in [0.4, 0.5) is 18.9 Å². The molecule has 1 heterocycles. The lowest BCUT2D eigenvalue weighted by Crippen LogP contribution is -2.60. The summed E-state index contributed by atoms with van der Waals surface area (Å²) in [5.74, 6) is -2.86. The summed E-state index contributed by atoms with van der Waals surface area (Å²) in [6.07, 6.45) is 1.82. The lowest BCUT2D eigenvalue weighted by molar-refractivity contribution is 0.276. The van der Waals surface area contributed by atoms with Crippen molar-refractivity contribution < 1.29 is 13.2 Å². The van der Waals surface area contributed by atoms with Gasteiger partial charge in [0.1, 0.15) is 5.82 Å². The summed E-state index contributed by atoms with van der Waals surface area (Å²) in [5, 5.41) is 3.45. The van der Waals surface area contributed by atoms with Crippen molar-refractivity contribution in [2.24, 2.45) is 0 Å². The van der Waals surface area contributed by atoms with E-state index >= 15 is 0 Å². The molecule has 2 rings (SSSR count). The molecular formula is C14H19F3N2. The monoisotopic (exact) mass is 272 g/mol. The molecule has 0 saturated carbocycles. The van der Waals surface area contributed by atoms with E-state index in [0.29, 0.717) is 25.7 Å². The predicted octanol–water partition coefficient (Wildman–Crippen LogP) is 3.07. The second kappa shape index (κ2) is 5.41. The number of halogens is 3. The van der Waals surface area contributed by atoms with Gasteiger partial charge in [-0.25, -0.2) is 13.2 Å². The van der Waals surface area contributed by atoms with Crippen molar-refractivity contribution in [2.45, 2.75) is 32.2 Å². The van der Waals surface area contributed by atoms with Gasteiger partial charge in [0.05, 0.1) is 5.69 Å². The van der Waals surface area contributed by atoms with E-state index in [1.54, 1.807) is 4.90 Å². The Morgan fingerprint density at radius 2 is 1.74 bits per heavy atom. The summed E-state index contributed by atoms with van der Waals surface area (Å²) in [4.78, 5) is 1.79. The lowest BCUT2D eigenvalue weighted by Gasteiger charge is -2.44. The first kappa shape index (κ1) is 14.2. The van der Waals surface area contributed by atoms with Crippen molar-refractivity contribution in [3.05, 3.63) is 29.6 Å². The van der Waals surface area contributed by atoms with E-state index in [1.165, 1.54) is 0 Å². The number of anilines is 1. The second-order valence-corrected chi connectivity index (χ2v) is 5.05. The van der Waals surface area contributed by atoms with Crippen molar-refractivity contribution in [3.8, 4) is 0 Å². The fraction of sp³-hybridized carbons (Fsp3) is 0.571. The third-order valence-corrected chi connectivity index (χ3v) is 4.06. The van der Waals surface area contributed by atoms with Gasteiger partial charge in [-0.2, -0.15) is 0 Å². The number of hydrogen-bond acceptors (Lipinski definition) is 2. The SMILES string of the molecule is CCC1(CC)CN(c2cc(F)c(F)cc2F)CCN1. The van der Waals surface area contributed by atoms with Crippen LogP contribution in [0.3, 0.4) is 0 Å². The highest BCUT2D eigenvalue weighted by molar-refractivity contribution is 5.49. The van der Waals surface area contributed by atoms with E-state index in [4.69, 9.17) is 0 Å². The Kier molecular flexibility index (Phi) is 4.04. The average molecular weight is 272 g/mol. The van der Waals surface area contributed by atoms with E-state index in [-0.39, 0.29) is 11.2 Å². The maximum Gasteiger partial charge on any atom is 0.161 e. The smallest absolute Gasteiger partial charge is 0.161 e. The summed E-state index contributed by atoms with van der Waals surface area (Å²) >= 11 is 0. The maximum absolute atomic E-state index is 13.8. The van der Waals surface area contributed by atoms with Gasteiger partial charge < -0.3 is 10.2 Å². The normalized spacial score (nSPS) is 18.7. The highest BCUT2D eigenvalue weighted by Crippen LogP contribution is 2.28.